The normalized spacial score (nSPS) is 17.3. The van der Waals surface area contributed by atoms with E-state index in [-0.39, 0.29) is 0 Å². The van der Waals surface area contributed by atoms with Crippen molar-refractivity contribution in [1.29, 1.82) is 0 Å². The number of rotatable bonds is 3. The SMILES string of the molecule is COc1ccc(Br)c(F)c1C1(N=C=O)CCCC1. The smallest absolute Gasteiger partial charge is 0.235 e. The van der Waals surface area contributed by atoms with Crippen molar-refractivity contribution in [3.05, 3.63) is 28.0 Å². The van der Waals surface area contributed by atoms with Gasteiger partial charge in [0.05, 0.1) is 17.1 Å². The molecule has 96 valence electrons. The van der Waals surface area contributed by atoms with Crippen LogP contribution in [0.5, 0.6) is 5.75 Å². The number of halogens is 2. The van der Waals surface area contributed by atoms with Crippen molar-refractivity contribution in [2.75, 3.05) is 7.11 Å². The van der Waals surface area contributed by atoms with E-state index in [1.807, 2.05) is 0 Å². The summed E-state index contributed by atoms with van der Waals surface area (Å²) in [6.45, 7) is 0. The van der Waals surface area contributed by atoms with Crippen LogP contribution in [0, 0.1) is 5.82 Å². The van der Waals surface area contributed by atoms with Gasteiger partial charge in [0.2, 0.25) is 6.08 Å². The minimum Gasteiger partial charge on any atom is -0.496 e. The zero-order valence-corrected chi connectivity index (χ0v) is 11.6. The Morgan fingerprint density at radius 1 is 1.44 bits per heavy atom. The third kappa shape index (κ3) is 2.08. The maximum atomic E-state index is 14.4. The summed E-state index contributed by atoms with van der Waals surface area (Å²) in [4.78, 5) is 14.6. The van der Waals surface area contributed by atoms with Gasteiger partial charge in [-0.3, -0.25) is 0 Å². The minimum atomic E-state index is -0.818. The van der Waals surface area contributed by atoms with Crippen molar-refractivity contribution in [3.8, 4) is 5.75 Å². The molecule has 1 saturated carbocycles. The van der Waals surface area contributed by atoms with Gasteiger partial charge in [0.25, 0.3) is 0 Å². The van der Waals surface area contributed by atoms with Gasteiger partial charge in [-0.15, -0.1) is 0 Å². The molecule has 0 aromatic heterocycles. The Labute approximate surface area is 113 Å². The number of methoxy groups -OCH3 is 1. The Balaban J connectivity index is 2.67. The molecule has 1 aliphatic carbocycles. The van der Waals surface area contributed by atoms with Crippen LogP contribution in [0.25, 0.3) is 0 Å². The van der Waals surface area contributed by atoms with Crippen LogP contribution >= 0.6 is 15.9 Å². The fraction of sp³-hybridized carbons (Fsp3) is 0.462. The van der Waals surface area contributed by atoms with Crippen molar-refractivity contribution in [1.82, 2.24) is 0 Å². The molecule has 1 aromatic rings. The summed E-state index contributed by atoms with van der Waals surface area (Å²) in [5.41, 5.74) is -0.457. The first-order chi connectivity index (χ1) is 8.64. The molecular weight excluding hydrogens is 301 g/mol. The number of benzene rings is 1. The Bertz CT molecular complexity index is 506. The van der Waals surface area contributed by atoms with E-state index in [4.69, 9.17) is 4.74 Å². The largest absolute Gasteiger partial charge is 0.496 e. The van der Waals surface area contributed by atoms with Gasteiger partial charge in [0.1, 0.15) is 17.1 Å². The van der Waals surface area contributed by atoms with Crippen LogP contribution < -0.4 is 4.74 Å². The molecule has 1 aliphatic rings. The molecule has 3 nitrogen and oxygen atoms in total. The second-order valence-corrected chi connectivity index (χ2v) is 5.23. The minimum absolute atomic E-state index is 0.352. The molecule has 0 N–H and O–H groups in total. The summed E-state index contributed by atoms with van der Waals surface area (Å²) in [5, 5.41) is 0. The first-order valence-corrected chi connectivity index (χ1v) is 6.55. The number of hydrogen-bond donors (Lipinski definition) is 0. The Kier molecular flexibility index (Phi) is 3.83. The zero-order chi connectivity index (χ0) is 13.2. The molecule has 18 heavy (non-hydrogen) atoms. The van der Waals surface area contributed by atoms with E-state index in [2.05, 4.69) is 20.9 Å². The molecule has 1 aromatic carbocycles. The number of hydrogen-bond acceptors (Lipinski definition) is 3. The lowest BCUT2D eigenvalue weighted by atomic mass is 9.87. The number of aliphatic imine (C=N–C) groups is 1. The van der Waals surface area contributed by atoms with Crippen LogP contribution in [-0.2, 0) is 10.3 Å². The third-order valence-corrected chi connectivity index (χ3v) is 4.04. The van der Waals surface area contributed by atoms with Gasteiger partial charge in [-0.2, -0.15) is 4.99 Å². The summed E-state index contributed by atoms with van der Waals surface area (Å²) in [6, 6.07) is 3.27. The molecule has 0 aliphatic heterocycles. The zero-order valence-electron chi connectivity index (χ0n) is 10.0. The van der Waals surface area contributed by atoms with Gasteiger partial charge < -0.3 is 4.74 Å². The Morgan fingerprint density at radius 2 is 2.11 bits per heavy atom. The van der Waals surface area contributed by atoms with E-state index in [0.29, 0.717) is 28.6 Å². The fourth-order valence-electron chi connectivity index (χ4n) is 2.60. The van der Waals surface area contributed by atoms with Crippen LogP contribution in [0.4, 0.5) is 4.39 Å². The predicted molar refractivity (Wildman–Crippen MR) is 68.9 cm³/mol. The second-order valence-electron chi connectivity index (χ2n) is 4.38. The van der Waals surface area contributed by atoms with Crippen LogP contribution in [0.2, 0.25) is 0 Å². The van der Waals surface area contributed by atoms with Gasteiger partial charge in [-0.1, -0.05) is 12.8 Å². The highest BCUT2D eigenvalue weighted by molar-refractivity contribution is 9.10. The molecule has 5 heteroatoms. The van der Waals surface area contributed by atoms with E-state index in [9.17, 15) is 9.18 Å². The number of ether oxygens (including phenoxy) is 1. The quantitative estimate of drug-likeness (QED) is 0.630. The van der Waals surface area contributed by atoms with Gasteiger partial charge in [0.15, 0.2) is 0 Å². The van der Waals surface area contributed by atoms with Crippen molar-refractivity contribution >= 4 is 22.0 Å². The molecule has 1 fully saturated rings. The molecule has 2 rings (SSSR count). The van der Waals surface area contributed by atoms with Crippen molar-refractivity contribution < 1.29 is 13.9 Å². The molecule has 0 unspecified atom stereocenters. The predicted octanol–water partition coefficient (Wildman–Crippen LogP) is 3.70. The lowest BCUT2D eigenvalue weighted by Crippen LogP contribution is -2.22. The molecule has 0 heterocycles. The lowest BCUT2D eigenvalue weighted by Gasteiger charge is -2.25. The number of carbonyl (C=O) groups excluding carboxylic acids is 1. The van der Waals surface area contributed by atoms with Gasteiger partial charge >= 0.3 is 0 Å². The molecular formula is C13H13BrFNO2. The number of nitrogens with zero attached hydrogens (tertiary/aromatic N) is 1. The maximum absolute atomic E-state index is 14.4. The topological polar surface area (TPSA) is 38.7 Å². The highest BCUT2D eigenvalue weighted by Crippen LogP contribution is 2.47. The van der Waals surface area contributed by atoms with E-state index < -0.39 is 11.4 Å². The summed E-state index contributed by atoms with van der Waals surface area (Å²) in [5.74, 6) is 0.0202. The van der Waals surface area contributed by atoms with Crippen LogP contribution in [0.1, 0.15) is 31.2 Å². The summed E-state index contributed by atoms with van der Waals surface area (Å²) in [7, 11) is 1.49. The van der Waals surface area contributed by atoms with Gasteiger partial charge in [0, 0.05) is 0 Å². The van der Waals surface area contributed by atoms with Crippen LogP contribution in [0.3, 0.4) is 0 Å². The third-order valence-electron chi connectivity index (χ3n) is 3.43. The first-order valence-electron chi connectivity index (χ1n) is 5.76. The van der Waals surface area contributed by atoms with Crippen LogP contribution in [-0.4, -0.2) is 13.2 Å². The fourth-order valence-corrected chi connectivity index (χ4v) is 2.93. The summed E-state index contributed by atoms with van der Waals surface area (Å²) < 4.78 is 19.9. The van der Waals surface area contributed by atoms with Crippen molar-refractivity contribution in [2.45, 2.75) is 31.2 Å². The maximum Gasteiger partial charge on any atom is 0.235 e. The first kappa shape index (κ1) is 13.2. The molecule has 0 bridgehead atoms. The van der Waals surface area contributed by atoms with E-state index in [0.717, 1.165) is 12.8 Å². The second kappa shape index (κ2) is 5.21. The van der Waals surface area contributed by atoms with Gasteiger partial charge in [-0.05, 0) is 40.9 Å². The summed E-state index contributed by atoms with van der Waals surface area (Å²) in [6.07, 6.45) is 4.71. The molecule has 0 spiro atoms. The Morgan fingerprint density at radius 3 is 2.67 bits per heavy atom. The average molecular weight is 314 g/mol. The van der Waals surface area contributed by atoms with Crippen molar-refractivity contribution in [3.63, 3.8) is 0 Å². The highest BCUT2D eigenvalue weighted by atomic mass is 79.9. The molecule has 0 amide bonds. The molecule has 0 atom stereocenters. The van der Waals surface area contributed by atoms with Crippen LogP contribution in [0.15, 0.2) is 21.6 Å². The van der Waals surface area contributed by atoms with Crippen molar-refractivity contribution in [2.24, 2.45) is 4.99 Å². The molecule has 0 saturated heterocycles. The molecule has 0 radical (unpaired) electrons. The van der Waals surface area contributed by atoms with E-state index in [1.54, 1.807) is 18.2 Å². The van der Waals surface area contributed by atoms with E-state index in [1.165, 1.54) is 7.11 Å². The highest BCUT2D eigenvalue weighted by Gasteiger charge is 2.40. The lowest BCUT2D eigenvalue weighted by molar-refractivity contribution is 0.365. The average Bonchev–Trinajstić information content (AvgIpc) is 2.82. The standard InChI is InChI=1S/C13H13BrFNO2/c1-18-10-5-4-9(14)12(15)11(10)13(16-8-17)6-2-3-7-13/h4-5H,2-3,6-7H2,1H3. The number of isocyanates is 1. The van der Waals surface area contributed by atoms with Gasteiger partial charge in [-0.25, -0.2) is 9.18 Å². The summed E-state index contributed by atoms with van der Waals surface area (Å²) >= 11 is 3.16. The van der Waals surface area contributed by atoms with E-state index >= 15 is 0 Å². The Hall–Kier alpha value is -1.19. The monoisotopic (exact) mass is 313 g/mol.